The SMILES string of the molecule is O=C(CN1C(=O)COc2ccc([N+](=O)[O-])cc21)NCCCSc1ccc(F)cc1. The molecule has 0 saturated carbocycles. The van der Waals surface area contributed by atoms with E-state index in [1.807, 2.05) is 0 Å². The van der Waals surface area contributed by atoms with E-state index in [4.69, 9.17) is 4.74 Å². The van der Waals surface area contributed by atoms with Gasteiger partial charge in [0.1, 0.15) is 18.1 Å². The summed E-state index contributed by atoms with van der Waals surface area (Å²) in [4.78, 5) is 36.9. The predicted molar refractivity (Wildman–Crippen MR) is 106 cm³/mol. The number of nitrogens with zero attached hydrogens (tertiary/aromatic N) is 2. The number of thioether (sulfide) groups is 1. The summed E-state index contributed by atoms with van der Waals surface area (Å²) in [5.74, 6) is -0.0494. The van der Waals surface area contributed by atoms with E-state index in [1.165, 1.54) is 35.2 Å². The van der Waals surface area contributed by atoms with Crippen LogP contribution in [0.15, 0.2) is 47.4 Å². The molecule has 1 N–H and O–H groups in total. The van der Waals surface area contributed by atoms with E-state index in [0.29, 0.717) is 18.7 Å². The molecule has 29 heavy (non-hydrogen) atoms. The maximum absolute atomic E-state index is 12.9. The van der Waals surface area contributed by atoms with Gasteiger partial charge in [-0.15, -0.1) is 11.8 Å². The van der Waals surface area contributed by atoms with Crippen molar-refractivity contribution in [3.63, 3.8) is 0 Å². The fourth-order valence-corrected chi connectivity index (χ4v) is 3.55. The fourth-order valence-electron chi connectivity index (χ4n) is 2.70. The lowest BCUT2D eigenvalue weighted by molar-refractivity contribution is -0.384. The first-order valence-electron chi connectivity index (χ1n) is 8.81. The highest BCUT2D eigenvalue weighted by atomic mass is 32.2. The van der Waals surface area contributed by atoms with E-state index in [1.54, 1.807) is 23.9 Å². The average molecular weight is 419 g/mol. The molecule has 0 unspecified atom stereocenters. The molecule has 0 aromatic heterocycles. The highest BCUT2D eigenvalue weighted by Gasteiger charge is 2.29. The van der Waals surface area contributed by atoms with Gasteiger partial charge < -0.3 is 10.1 Å². The molecule has 0 saturated heterocycles. The minimum atomic E-state index is -0.573. The van der Waals surface area contributed by atoms with Crippen LogP contribution in [-0.2, 0) is 9.59 Å². The Morgan fingerprint density at radius 1 is 1.28 bits per heavy atom. The van der Waals surface area contributed by atoms with Gasteiger partial charge in [-0.2, -0.15) is 0 Å². The molecule has 2 aromatic rings. The number of non-ortho nitro benzene ring substituents is 1. The Kier molecular flexibility index (Phi) is 6.65. The normalized spacial score (nSPS) is 12.9. The highest BCUT2D eigenvalue weighted by molar-refractivity contribution is 7.99. The molecule has 8 nitrogen and oxygen atoms in total. The summed E-state index contributed by atoms with van der Waals surface area (Å²) in [5, 5.41) is 13.7. The van der Waals surface area contributed by atoms with Gasteiger partial charge in [0.15, 0.2) is 6.61 Å². The summed E-state index contributed by atoms with van der Waals surface area (Å²) in [7, 11) is 0. The van der Waals surface area contributed by atoms with Gasteiger partial charge in [-0.25, -0.2) is 4.39 Å². The number of halogens is 1. The van der Waals surface area contributed by atoms with E-state index >= 15 is 0 Å². The molecule has 2 aromatic carbocycles. The molecule has 10 heteroatoms. The maximum Gasteiger partial charge on any atom is 0.271 e. The van der Waals surface area contributed by atoms with Crippen molar-refractivity contribution in [1.82, 2.24) is 5.32 Å². The summed E-state index contributed by atoms with van der Waals surface area (Å²) in [6, 6.07) is 10.1. The second-order valence-corrected chi connectivity index (χ2v) is 7.35. The quantitative estimate of drug-likeness (QED) is 0.306. The van der Waals surface area contributed by atoms with Crippen LogP contribution in [0.2, 0.25) is 0 Å². The van der Waals surface area contributed by atoms with E-state index in [-0.39, 0.29) is 36.3 Å². The lowest BCUT2D eigenvalue weighted by Crippen LogP contribution is -2.45. The number of carbonyl (C=O) groups is 2. The zero-order chi connectivity index (χ0) is 20.8. The first kappa shape index (κ1) is 20.6. The number of carbonyl (C=O) groups excluding carboxylic acids is 2. The highest BCUT2D eigenvalue weighted by Crippen LogP contribution is 2.35. The third kappa shape index (κ3) is 5.44. The van der Waals surface area contributed by atoms with Gasteiger partial charge in [-0.05, 0) is 42.5 Å². The second-order valence-electron chi connectivity index (χ2n) is 6.18. The fraction of sp³-hybridized carbons (Fsp3) is 0.263. The molecule has 1 aliphatic rings. The Labute approximate surface area is 170 Å². The first-order valence-corrected chi connectivity index (χ1v) is 9.79. The van der Waals surface area contributed by atoms with Crippen molar-refractivity contribution in [2.45, 2.75) is 11.3 Å². The number of nitro benzene ring substituents is 1. The van der Waals surface area contributed by atoms with Gasteiger partial charge >= 0.3 is 0 Å². The molecule has 3 rings (SSSR count). The summed E-state index contributed by atoms with van der Waals surface area (Å²) in [6.45, 7) is -0.0682. The number of rotatable bonds is 8. The van der Waals surface area contributed by atoms with Crippen LogP contribution in [0.4, 0.5) is 15.8 Å². The van der Waals surface area contributed by atoms with Crippen LogP contribution in [0.1, 0.15) is 6.42 Å². The topological polar surface area (TPSA) is 102 Å². The number of nitrogens with one attached hydrogen (secondary N) is 1. The van der Waals surface area contributed by atoms with E-state index < -0.39 is 10.8 Å². The van der Waals surface area contributed by atoms with Gasteiger partial charge in [0.2, 0.25) is 5.91 Å². The number of hydrogen-bond acceptors (Lipinski definition) is 6. The van der Waals surface area contributed by atoms with Crippen LogP contribution >= 0.6 is 11.8 Å². The molecule has 0 spiro atoms. The Morgan fingerprint density at radius 3 is 2.76 bits per heavy atom. The van der Waals surface area contributed by atoms with Crippen LogP contribution in [0.25, 0.3) is 0 Å². The molecule has 0 radical (unpaired) electrons. The third-order valence-corrected chi connectivity index (χ3v) is 5.22. The molecular weight excluding hydrogens is 401 g/mol. The number of ether oxygens (including phenoxy) is 1. The average Bonchev–Trinajstić information content (AvgIpc) is 2.71. The number of nitro groups is 1. The number of fused-ring (bicyclic) bond motifs is 1. The van der Waals surface area contributed by atoms with Crippen molar-refractivity contribution >= 4 is 35.0 Å². The Bertz CT molecular complexity index is 923. The predicted octanol–water partition coefficient (Wildman–Crippen LogP) is 2.76. The molecule has 0 aliphatic carbocycles. The number of benzene rings is 2. The van der Waals surface area contributed by atoms with E-state index in [0.717, 1.165) is 10.6 Å². The van der Waals surface area contributed by atoms with E-state index in [2.05, 4.69) is 5.32 Å². The molecule has 152 valence electrons. The molecular formula is C19H18FN3O5S. The van der Waals surface area contributed by atoms with Gasteiger partial charge in [0.05, 0.1) is 10.6 Å². The van der Waals surface area contributed by atoms with Crippen LogP contribution in [-0.4, -0.2) is 42.2 Å². The van der Waals surface area contributed by atoms with Crippen LogP contribution in [0.3, 0.4) is 0 Å². The molecule has 0 fully saturated rings. The Balaban J connectivity index is 1.50. The maximum atomic E-state index is 12.9. The molecule has 1 heterocycles. The molecule has 2 amide bonds. The van der Waals surface area contributed by atoms with Gasteiger partial charge in [-0.3, -0.25) is 24.6 Å². The standard InChI is InChI=1S/C19H18FN3O5S/c20-13-2-5-15(6-3-13)29-9-1-8-21-18(24)11-22-16-10-14(23(26)27)4-7-17(16)28-12-19(22)25/h2-7,10H,1,8-9,11-12H2,(H,21,24). The molecule has 1 aliphatic heterocycles. The summed E-state index contributed by atoms with van der Waals surface area (Å²) in [5.41, 5.74) is 0.0164. The lowest BCUT2D eigenvalue weighted by Gasteiger charge is -2.28. The van der Waals surface area contributed by atoms with E-state index in [9.17, 15) is 24.1 Å². The Hall–Kier alpha value is -3.14. The number of hydrogen-bond donors (Lipinski definition) is 1. The zero-order valence-corrected chi connectivity index (χ0v) is 16.1. The minimum absolute atomic E-state index is 0.190. The zero-order valence-electron chi connectivity index (χ0n) is 15.3. The lowest BCUT2D eigenvalue weighted by atomic mass is 10.2. The summed E-state index contributed by atoms with van der Waals surface area (Å²) < 4.78 is 18.1. The third-order valence-electron chi connectivity index (χ3n) is 4.12. The first-order chi connectivity index (χ1) is 13.9. The second kappa shape index (κ2) is 9.37. The summed E-state index contributed by atoms with van der Waals surface area (Å²) >= 11 is 1.55. The number of anilines is 1. The monoisotopic (exact) mass is 419 g/mol. The van der Waals surface area contributed by atoms with Crippen molar-refractivity contribution in [2.24, 2.45) is 0 Å². The van der Waals surface area contributed by atoms with Crippen LogP contribution < -0.4 is 15.0 Å². The van der Waals surface area contributed by atoms with Crippen LogP contribution in [0.5, 0.6) is 5.75 Å². The van der Waals surface area contributed by atoms with Crippen molar-refractivity contribution in [2.75, 3.05) is 30.3 Å². The molecule has 0 bridgehead atoms. The van der Waals surface area contributed by atoms with Gasteiger partial charge in [0.25, 0.3) is 11.6 Å². The smallest absolute Gasteiger partial charge is 0.271 e. The summed E-state index contributed by atoms with van der Waals surface area (Å²) in [6.07, 6.45) is 0.687. The van der Waals surface area contributed by atoms with Crippen molar-refractivity contribution in [1.29, 1.82) is 0 Å². The largest absolute Gasteiger partial charge is 0.482 e. The van der Waals surface area contributed by atoms with Crippen molar-refractivity contribution in [3.05, 3.63) is 58.4 Å². The van der Waals surface area contributed by atoms with Gasteiger partial charge in [-0.1, -0.05) is 0 Å². The van der Waals surface area contributed by atoms with Gasteiger partial charge in [0, 0.05) is 23.6 Å². The Morgan fingerprint density at radius 2 is 2.03 bits per heavy atom. The molecule has 0 atom stereocenters. The minimum Gasteiger partial charge on any atom is -0.482 e. The van der Waals surface area contributed by atoms with Crippen molar-refractivity contribution < 1.29 is 23.6 Å². The van der Waals surface area contributed by atoms with Crippen molar-refractivity contribution in [3.8, 4) is 5.75 Å². The number of amides is 2. The van der Waals surface area contributed by atoms with Crippen LogP contribution in [0, 0.1) is 15.9 Å².